The molecule has 22 heavy (non-hydrogen) atoms. The van der Waals surface area contributed by atoms with Gasteiger partial charge < -0.3 is 5.32 Å². The fourth-order valence-electron chi connectivity index (χ4n) is 2.00. The molecular weight excluding hydrogens is 272 g/mol. The first-order valence-corrected chi connectivity index (χ1v) is 7.47. The molecule has 1 fully saturated rings. The van der Waals surface area contributed by atoms with E-state index in [2.05, 4.69) is 28.7 Å². The highest BCUT2D eigenvalue weighted by Gasteiger charge is 2.20. The van der Waals surface area contributed by atoms with Crippen molar-refractivity contribution in [2.75, 3.05) is 0 Å². The van der Waals surface area contributed by atoms with Gasteiger partial charge in [0.15, 0.2) is 0 Å². The smallest absolute Gasteiger partial charge is 0.270 e. The van der Waals surface area contributed by atoms with Crippen LogP contribution in [-0.4, -0.2) is 16.9 Å². The predicted octanol–water partition coefficient (Wildman–Crippen LogP) is 3.40. The van der Waals surface area contributed by atoms with Gasteiger partial charge in [-0.05, 0) is 44.4 Å². The lowest BCUT2D eigenvalue weighted by Gasteiger charge is -2.26. The zero-order valence-electron chi connectivity index (χ0n) is 12.8. The van der Waals surface area contributed by atoms with E-state index in [0.717, 1.165) is 24.0 Å². The van der Waals surface area contributed by atoms with Crippen LogP contribution in [-0.2, 0) is 0 Å². The minimum absolute atomic E-state index is 0.106. The standard InChI is InChI=1S/C19H20N2O/c1-3-6-15(7-4-2)10-11-16-12-13-18(20-14-16)19(22)21-17-8-5-9-17/h3-4,6-7,12-14,17H,1,5,8-9H2,2H3,(H,21,22). The number of hydrogen-bond acceptors (Lipinski definition) is 2. The van der Waals surface area contributed by atoms with Crippen LogP contribution in [0.5, 0.6) is 0 Å². The average Bonchev–Trinajstić information content (AvgIpc) is 2.49. The van der Waals surface area contributed by atoms with Crippen molar-refractivity contribution in [2.45, 2.75) is 32.2 Å². The Balaban J connectivity index is 2.04. The van der Waals surface area contributed by atoms with E-state index < -0.39 is 0 Å². The number of rotatable bonds is 4. The van der Waals surface area contributed by atoms with Gasteiger partial charge in [-0.3, -0.25) is 4.79 Å². The Bertz CT molecular complexity index is 653. The number of amides is 1. The molecule has 1 amide bonds. The van der Waals surface area contributed by atoms with E-state index in [4.69, 9.17) is 0 Å². The number of pyridine rings is 1. The quantitative estimate of drug-likeness (QED) is 0.682. The molecule has 0 atom stereocenters. The predicted molar refractivity (Wildman–Crippen MR) is 89.3 cm³/mol. The molecule has 0 bridgehead atoms. The molecule has 0 saturated heterocycles. The zero-order chi connectivity index (χ0) is 15.8. The molecule has 0 unspecified atom stereocenters. The van der Waals surface area contributed by atoms with Crippen molar-refractivity contribution in [3.05, 3.63) is 66.0 Å². The fourth-order valence-corrected chi connectivity index (χ4v) is 2.00. The van der Waals surface area contributed by atoms with Crippen molar-refractivity contribution < 1.29 is 4.79 Å². The molecule has 0 aromatic carbocycles. The molecule has 2 rings (SSSR count). The van der Waals surface area contributed by atoms with Gasteiger partial charge in [0.25, 0.3) is 5.91 Å². The topological polar surface area (TPSA) is 42.0 Å². The summed E-state index contributed by atoms with van der Waals surface area (Å²) in [6.07, 6.45) is 12.4. The summed E-state index contributed by atoms with van der Waals surface area (Å²) in [7, 11) is 0. The van der Waals surface area contributed by atoms with Crippen molar-refractivity contribution in [1.29, 1.82) is 0 Å². The third-order valence-corrected chi connectivity index (χ3v) is 3.43. The molecule has 1 aromatic heterocycles. The third-order valence-electron chi connectivity index (χ3n) is 3.43. The Kier molecular flexibility index (Phi) is 5.73. The summed E-state index contributed by atoms with van der Waals surface area (Å²) in [5.41, 5.74) is 2.09. The van der Waals surface area contributed by atoms with Gasteiger partial charge in [0.2, 0.25) is 0 Å². The van der Waals surface area contributed by atoms with E-state index >= 15 is 0 Å². The van der Waals surface area contributed by atoms with Gasteiger partial charge in [-0.25, -0.2) is 4.98 Å². The molecule has 112 valence electrons. The molecule has 1 aromatic rings. The average molecular weight is 292 g/mol. The van der Waals surface area contributed by atoms with Crippen LogP contribution in [0.1, 0.15) is 42.2 Å². The van der Waals surface area contributed by atoms with Crippen LogP contribution in [0.2, 0.25) is 0 Å². The number of carbonyl (C=O) groups excluding carboxylic acids is 1. The van der Waals surface area contributed by atoms with Crippen molar-refractivity contribution in [3.63, 3.8) is 0 Å². The number of carbonyl (C=O) groups is 1. The van der Waals surface area contributed by atoms with E-state index in [0.29, 0.717) is 11.7 Å². The van der Waals surface area contributed by atoms with E-state index in [9.17, 15) is 4.79 Å². The van der Waals surface area contributed by atoms with Crippen LogP contribution in [0.4, 0.5) is 0 Å². The molecule has 0 radical (unpaired) electrons. The lowest BCUT2D eigenvalue weighted by Crippen LogP contribution is -2.39. The minimum Gasteiger partial charge on any atom is -0.348 e. The first-order valence-electron chi connectivity index (χ1n) is 7.47. The molecule has 0 aliphatic heterocycles. The SMILES string of the molecule is C=CC=C(C#Cc1ccc(C(=O)NC2CCC2)nc1)C=CC. The van der Waals surface area contributed by atoms with Crippen LogP contribution in [0.25, 0.3) is 0 Å². The highest BCUT2D eigenvalue weighted by Crippen LogP contribution is 2.18. The fraction of sp³-hybridized carbons (Fsp3) is 0.263. The summed E-state index contributed by atoms with van der Waals surface area (Å²) < 4.78 is 0. The lowest BCUT2D eigenvalue weighted by atomic mass is 9.93. The van der Waals surface area contributed by atoms with Crippen LogP contribution >= 0.6 is 0 Å². The number of allylic oxidation sites excluding steroid dienone is 5. The molecule has 3 heteroatoms. The van der Waals surface area contributed by atoms with Gasteiger partial charge in [0, 0.05) is 23.4 Å². The molecule has 1 aliphatic carbocycles. The van der Waals surface area contributed by atoms with Crippen LogP contribution in [0.15, 0.2) is 54.8 Å². The molecule has 0 spiro atoms. The first-order chi connectivity index (χ1) is 10.7. The molecule has 1 aliphatic rings. The first kappa shape index (κ1) is 15.8. The van der Waals surface area contributed by atoms with Crippen LogP contribution in [0, 0.1) is 11.8 Å². The van der Waals surface area contributed by atoms with E-state index in [-0.39, 0.29) is 5.91 Å². The Hall–Kier alpha value is -2.60. The maximum atomic E-state index is 12.0. The maximum Gasteiger partial charge on any atom is 0.270 e. The summed E-state index contributed by atoms with van der Waals surface area (Å²) in [6.45, 7) is 5.61. The Labute approximate surface area is 131 Å². The highest BCUT2D eigenvalue weighted by molar-refractivity contribution is 5.92. The lowest BCUT2D eigenvalue weighted by molar-refractivity contribution is 0.0912. The minimum atomic E-state index is -0.106. The van der Waals surface area contributed by atoms with E-state index in [1.807, 2.05) is 31.2 Å². The monoisotopic (exact) mass is 292 g/mol. The molecule has 1 N–H and O–H groups in total. The van der Waals surface area contributed by atoms with Gasteiger partial charge in [0.1, 0.15) is 5.69 Å². The van der Waals surface area contributed by atoms with Crippen molar-refractivity contribution in [2.24, 2.45) is 0 Å². The maximum absolute atomic E-state index is 12.0. The second-order valence-electron chi connectivity index (χ2n) is 5.14. The number of nitrogens with zero attached hydrogens (tertiary/aromatic N) is 1. The van der Waals surface area contributed by atoms with E-state index in [1.165, 1.54) is 6.42 Å². The Morgan fingerprint density at radius 3 is 2.82 bits per heavy atom. The summed E-state index contributed by atoms with van der Waals surface area (Å²) in [6, 6.07) is 3.85. The zero-order valence-corrected chi connectivity index (χ0v) is 12.8. The van der Waals surface area contributed by atoms with Gasteiger partial charge in [-0.15, -0.1) is 0 Å². The van der Waals surface area contributed by atoms with Crippen molar-refractivity contribution >= 4 is 5.91 Å². The number of aromatic nitrogens is 1. The highest BCUT2D eigenvalue weighted by atomic mass is 16.1. The second kappa shape index (κ2) is 7.99. The van der Waals surface area contributed by atoms with Gasteiger partial charge >= 0.3 is 0 Å². The number of hydrogen-bond donors (Lipinski definition) is 1. The summed E-state index contributed by atoms with van der Waals surface area (Å²) in [5.74, 6) is 5.98. The normalized spacial score (nSPS) is 14.9. The van der Waals surface area contributed by atoms with Crippen molar-refractivity contribution in [1.82, 2.24) is 10.3 Å². The summed E-state index contributed by atoms with van der Waals surface area (Å²) >= 11 is 0. The summed E-state index contributed by atoms with van der Waals surface area (Å²) in [4.78, 5) is 16.1. The Morgan fingerprint density at radius 2 is 2.27 bits per heavy atom. The van der Waals surface area contributed by atoms with Crippen LogP contribution < -0.4 is 5.32 Å². The Morgan fingerprint density at radius 1 is 1.45 bits per heavy atom. The van der Waals surface area contributed by atoms with Gasteiger partial charge in [-0.2, -0.15) is 0 Å². The van der Waals surface area contributed by atoms with Crippen LogP contribution in [0.3, 0.4) is 0 Å². The summed E-state index contributed by atoms with van der Waals surface area (Å²) in [5, 5.41) is 2.97. The van der Waals surface area contributed by atoms with Gasteiger partial charge in [-0.1, -0.05) is 36.6 Å². The molecule has 3 nitrogen and oxygen atoms in total. The second-order valence-corrected chi connectivity index (χ2v) is 5.14. The van der Waals surface area contributed by atoms with Gasteiger partial charge in [0.05, 0.1) is 0 Å². The number of nitrogens with one attached hydrogen (secondary N) is 1. The van der Waals surface area contributed by atoms with Crippen molar-refractivity contribution in [3.8, 4) is 11.8 Å². The van der Waals surface area contributed by atoms with E-state index in [1.54, 1.807) is 18.3 Å². The molecular formula is C19H20N2O. The molecule has 1 heterocycles. The third kappa shape index (κ3) is 4.46. The largest absolute Gasteiger partial charge is 0.348 e. The molecule has 1 saturated carbocycles.